The highest BCUT2D eigenvalue weighted by Gasteiger charge is 2.31. The molecule has 1 aromatic carbocycles. The third kappa shape index (κ3) is 4.17. The SMILES string of the molecule is CN(Cc1cc(C(F)(F)F)ccc1F)C[C@H]1CCC[C@@H]1O. The number of aliphatic hydroxyl groups excluding tert-OH is 1. The topological polar surface area (TPSA) is 23.5 Å². The van der Waals surface area contributed by atoms with Crippen LogP contribution in [0.25, 0.3) is 0 Å². The molecule has 2 nitrogen and oxygen atoms in total. The molecule has 2 atom stereocenters. The molecule has 1 aliphatic rings. The molecule has 0 unspecified atom stereocenters. The van der Waals surface area contributed by atoms with Gasteiger partial charge in [0.05, 0.1) is 11.7 Å². The van der Waals surface area contributed by atoms with Crippen LogP contribution in [0.5, 0.6) is 0 Å². The lowest BCUT2D eigenvalue weighted by Gasteiger charge is -2.23. The van der Waals surface area contributed by atoms with Crippen molar-refractivity contribution < 1.29 is 22.7 Å². The zero-order valence-electron chi connectivity index (χ0n) is 11.8. The molecule has 0 aromatic heterocycles. The summed E-state index contributed by atoms with van der Waals surface area (Å²) in [6, 6.07) is 2.47. The summed E-state index contributed by atoms with van der Waals surface area (Å²) in [4.78, 5) is 1.76. The van der Waals surface area contributed by atoms with E-state index in [2.05, 4.69) is 0 Å². The lowest BCUT2D eigenvalue weighted by molar-refractivity contribution is -0.137. The van der Waals surface area contributed by atoms with Gasteiger partial charge in [0.2, 0.25) is 0 Å². The lowest BCUT2D eigenvalue weighted by Crippen LogP contribution is -2.29. The molecule has 1 saturated carbocycles. The zero-order valence-corrected chi connectivity index (χ0v) is 11.8. The Labute approximate surface area is 121 Å². The number of alkyl halides is 3. The van der Waals surface area contributed by atoms with Gasteiger partial charge in [0.1, 0.15) is 5.82 Å². The third-order valence-corrected chi connectivity index (χ3v) is 3.98. The van der Waals surface area contributed by atoms with E-state index in [0.29, 0.717) is 6.54 Å². The highest BCUT2D eigenvalue weighted by molar-refractivity contribution is 5.27. The molecular weight excluding hydrogens is 286 g/mol. The number of halogens is 4. The maximum absolute atomic E-state index is 13.7. The molecule has 2 rings (SSSR count). The van der Waals surface area contributed by atoms with Crippen molar-refractivity contribution in [2.75, 3.05) is 13.6 Å². The van der Waals surface area contributed by atoms with Crippen molar-refractivity contribution in [3.05, 3.63) is 35.1 Å². The van der Waals surface area contributed by atoms with Crippen LogP contribution in [-0.2, 0) is 12.7 Å². The van der Waals surface area contributed by atoms with Crippen molar-refractivity contribution in [1.29, 1.82) is 0 Å². The Hall–Kier alpha value is -1.14. The van der Waals surface area contributed by atoms with Crippen LogP contribution in [0.4, 0.5) is 17.6 Å². The lowest BCUT2D eigenvalue weighted by atomic mass is 10.0. The van der Waals surface area contributed by atoms with E-state index in [9.17, 15) is 22.7 Å². The van der Waals surface area contributed by atoms with Crippen LogP contribution in [0.15, 0.2) is 18.2 Å². The van der Waals surface area contributed by atoms with Crippen LogP contribution in [-0.4, -0.2) is 29.7 Å². The van der Waals surface area contributed by atoms with Gasteiger partial charge < -0.3 is 10.0 Å². The number of rotatable bonds is 4. The smallest absolute Gasteiger partial charge is 0.393 e. The Morgan fingerprint density at radius 2 is 2.00 bits per heavy atom. The van der Waals surface area contributed by atoms with Crippen LogP contribution in [0, 0.1) is 11.7 Å². The largest absolute Gasteiger partial charge is 0.416 e. The van der Waals surface area contributed by atoms with Gasteiger partial charge in [0, 0.05) is 18.7 Å². The third-order valence-electron chi connectivity index (χ3n) is 3.98. The van der Waals surface area contributed by atoms with Crippen molar-refractivity contribution >= 4 is 0 Å². The van der Waals surface area contributed by atoms with Gasteiger partial charge in [-0.1, -0.05) is 6.42 Å². The summed E-state index contributed by atoms with van der Waals surface area (Å²) in [6.45, 7) is 0.649. The van der Waals surface area contributed by atoms with E-state index in [4.69, 9.17) is 0 Å². The van der Waals surface area contributed by atoms with Crippen LogP contribution in [0.2, 0.25) is 0 Å². The first-order valence-corrected chi connectivity index (χ1v) is 6.99. The molecule has 118 valence electrons. The summed E-state index contributed by atoms with van der Waals surface area (Å²) in [5.41, 5.74) is -0.812. The minimum Gasteiger partial charge on any atom is -0.393 e. The summed E-state index contributed by atoms with van der Waals surface area (Å²) in [7, 11) is 1.73. The Balaban J connectivity index is 2.04. The van der Waals surface area contributed by atoms with Gasteiger partial charge in [0.15, 0.2) is 0 Å². The van der Waals surface area contributed by atoms with E-state index in [1.807, 2.05) is 0 Å². The fraction of sp³-hybridized carbons (Fsp3) is 0.600. The van der Waals surface area contributed by atoms with Crippen molar-refractivity contribution in [2.45, 2.75) is 38.1 Å². The van der Waals surface area contributed by atoms with E-state index in [0.717, 1.165) is 37.5 Å². The van der Waals surface area contributed by atoms with Gasteiger partial charge in [-0.05, 0) is 44.0 Å². The van der Waals surface area contributed by atoms with E-state index in [-0.39, 0.29) is 24.1 Å². The standard InChI is InChI=1S/C15H19F4NO/c1-20(8-10-3-2-4-14(10)21)9-11-7-12(15(17,18)19)5-6-13(11)16/h5-7,10,14,21H,2-4,8-9H2,1H3/t10-,14+/m1/s1. The van der Waals surface area contributed by atoms with Crippen molar-refractivity contribution in [1.82, 2.24) is 4.90 Å². The first-order chi connectivity index (χ1) is 9.77. The Bertz CT molecular complexity index is 489. The van der Waals surface area contributed by atoms with E-state index >= 15 is 0 Å². The molecule has 0 radical (unpaired) electrons. The van der Waals surface area contributed by atoms with E-state index < -0.39 is 17.6 Å². The molecule has 0 heterocycles. The van der Waals surface area contributed by atoms with Crippen LogP contribution in [0.1, 0.15) is 30.4 Å². The molecule has 0 spiro atoms. The predicted octanol–water partition coefficient (Wildman–Crippen LogP) is 3.44. The summed E-state index contributed by atoms with van der Waals surface area (Å²) in [5, 5.41) is 9.76. The molecule has 1 fully saturated rings. The number of hydrogen-bond donors (Lipinski definition) is 1. The van der Waals surface area contributed by atoms with Crippen LogP contribution in [0.3, 0.4) is 0 Å². The van der Waals surface area contributed by atoms with Crippen LogP contribution >= 0.6 is 0 Å². The first kappa shape index (κ1) is 16.2. The maximum atomic E-state index is 13.7. The zero-order chi connectivity index (χ0) is 15.6. The van der Waals surface area contributed by atoms with Gasteiger partial charge in [-0.2, -0.15) is 13.2 Å². The Kier molecular flexibility index (Phi) is 4.88. The molecule has 0 bridgehead atoms. The monoisotopic (exact) mass is 305 g/mol. The average molecular weight is 305 g/mol. The Morgan fingerprint density at radius 3 is 2.57 bits per heavy atom. The fourth-order valence-corrected chi connectivity index (χ4v) is 2.86. The number of nitrogens with zero attached hydrogens (tertiary/aromatic N) is 1. The fourth-order valence-electron chi connectivity index (χ4n) is 2.86. The second-order valence-electron chi connectivity index (χ2n) is 5.76. The molecule has 0 amide bonds. The summed E-state index contributed by atoms with van der Waals surface area (Å²) in [5.74, 6) is -0.523. The minimum absolute atomic E-state index is 0.0276. The van der Waals surface area contributed by atoms with Crippen molar-refractivity contribution in [3.8, 4) is 0 Å². The maximum Gasteiger partial charge on any atom is 0.416 e. The molecule has 21 heavy (non-hydrogen) atoms. The minimum atomic E-state index is -4.47. The normalized spacial score (nSPS) is 23.0. The molecule has 1 aromatic rings. The second-order valence-corrected chi connectivity index (χ2v) is 5.76. The molecule has 0 aliphatic heterocycles. The van der Waals surface area contributed by atoms with Gasteiger partial charge in [0.25, 0.3) is 0 Å². The van der Waals surface area contributed by atoms with Gasteiger partial charge in [-0.25, -0.2) is 4.39 Å². The Morgan fingerprint density at radius 1 is 1.29 bits per heavy atom. The summed E-state index contributed by atoms with van der Waals surface area (Å²) < 4.78 is 51.6. The quantitative estimate of drug-likeness (QED) is 0.861. The molecule has 6 heteroatoms. The van der Waals surface area contributed by atoms with E-state index in [1.54, 1.807) is 11.9 Å². The number of benzene rings is 1. The molecular formula is C15H19F4NO. The van der Waals surface area contributed by atoms with Gasteiger partial charge in [-0.3, -0.25) is 0 Å². The molecule has 1 N–H and O–H groups in total. The van der Waals surface area contributed by atoms with Crippen molar-refractivity contribution in [3.63, 3.8) is 0 Å². The number of aliphatic hydroxyl groups is 1. The van der Waals surface area contributed by atoms with E-state index in [1.165, 1.54) is 0 Å². The molecule has 0 saturated heterocycles. The molecule has 1 aliphatic carbocycles. The average Bonchev–Trinajstić information content (AvgIpc) is 2.76. The highest BCUT2D eigenvalue weighted by Crippen LogP contribution is 2.31. The van der Waals surface area contributed by atoms with Gasteiger partial charge >= 0.3 is 6.18 Å². The van der Waals surface area contributed by atoms with Gasteiger partial charge in [-0.15, -0.1) is 0 Å². The summed E-state index contributed by atoms with van der Waals surface area (Å²) >= 11 is 0. The first-order valence-electron chi connectivity index (χ1n) is 6.99. The highest BCUT2D eigenvalue weighted by atomic mass is 19.4. The second kappa shape index (κ2) is 6.32. The van der Waals surface area contributed by atoms with Crippen molar-refractivity contribution in [2.24, 2.45) is 5.92 Å². The summed E-state index contributed by atoms with van der Waals surface area (Å²) in [6.07, 6.45) is -2.22. The number of hydrogen-bond acceptors (Lipinski definition) is 2. The predicted molar refractivity (Wildman–Crippen MR) is 71.1 cm³/mol. The van der Waals surface area contributed by atoms with Crippen LogP contribution < -0.4 is 0 Å².